The van der Waals surface area contributed by atoms with Crippen LogP contribution < -0.4 is 11.1 Å². The van der Waals surface area contributed by atoms with E-state index in [0.717, 1.165) is 0 Å². The number of nitrogens with one attached hydrogen (secondary N) is 1. The lowest BCUT2D eigenvalue weighted by molar-refractivity contribution is -0.133. The van der Waals surface area contributed by atoms with Crippen LogP contribution >= 0.6 is 0 Å². The largest absolute Gasteiger partial charge is 0.399 e. The van der Waals surface area contributed by atoms with Crippen molar-refractivity contribution in [2.24, 2.45) is 0 Å². The van der Waals surface area contributed by atoms with E-state index < -0.39 is 0 Å². The molecule has 6 nitrogen and oxygen atoms in total. The molecule has 0 unspecified atom stereocenters. The Balaban J connectivity index is 1.96. The van der Waals surface area contributed by atoms with Gasteiger partial charge in [-0.2, -0.15) is 0 Å². The van der Waals surface area contributed by atoms with Gasteiger partial charge in [0.2, 0.25) is 5.91 Å². The fraction of sp³-hybridized carbons (Fsp3) is 0.333. The lowest BCUT2D eigenvalue weighted by Gasteiger charge is -2.31. The first-order chi connectivity index (χ1) is 8.56. The number of nitrogens with two attached hydrogens (primary N) is 1. The molecule has 0 atom stereocenters. The van der Waals surface area contributed by atoms with E-state index in [-0.39, 0.29) is 18.5 Å². The van der Waals surface area contributed by atoms with Gasteiger partial charge in [-0.1, -0.05) is 0 Å². The molecule has 1 heterocycles. The number of hydrogen-bond donors (Lipinski definition) is 2. The van der Waals surface area contributed by atoms with Gasteiger partial charge >= 0.3 is 6.03 Å². The van der Waals surface area contributed by atoms with Crippen molar-refractivity contribution in [3.05, 3.63) is 24.3 Å². The summed E-state index contributed by atoms with van der Waals surface area (Å²) in [5.41, 5.74) is 6.87. The molecule has 18 heavy (non-hydrogen) atoms. The third kappa shape index (κ3) is 2.71. The highest BCUT2D eigenvalue weighted by Crippen LogP contribution is 2.12. The minimum Gasteiger partial charge on any atom is -0.399 e. The fourth-order valence-electron chi connectivity index (χ4n) is 1.70. The van der Waals surface area contributed by atoms with Crippen molar-refractivity contribution in [1.82, 2.24) is 9.80 Å². The number of rotatable bonds is 1. The molecule has 3 amide bonds. The average molecular weight is 248 g/mol. The summed E-state index contributed by atoms with van der Waals surface area (Å²) >= 11 is 0. The van der Waals surface area contributed by atoms with E-state index in [1.807, 2.05) is 0 Å². The van der Waals surface area contributed by atoms with Gasteiger partial charge in [-0.3, -0.25) is 4.79 Å². The summed E-state index contributed by atoms with van der Waals surface area (Å²) in [5.74, 6) is -0.0475. The Morgan fingerprint density at radius 1 is 1.28 bits per heavy atom. The van der Waals surface area contributed by atoms with Crippen LogP contribution in [0.1, 0.15) is 0 Å². The van der Waals surface area contributed by atoms with Gasteiger partial charge in [0.05, 0.1) is 0 Å². The first-order valence-electron chi connectivity index (χ1n) is 5.71. The molecule has 0 saturated carbocycles. The fourth-order valence-corrected chi connectivity index (χ4v) is 1.70. The van der Waals surface area contributed by atoms with Crippen LogP contribution in [0, 0.1) is 0 Å². The van der Waals surface area contributed by atoms with Crippen LogP contribution in [-0.2, 0) is 4.79 Å². The summed E-state index contributed by atoms with van der Waals surface area (Å²) in [6, 6.07) is 6.62. The third-order valence-corrected chi connectivity index (χ3v) is 2.91. The van der Waals surface area contributed by atoms with E-state index in [1.165, 1.54) is 4.90 Å². The van der Waals surface area contributed by atoms with Crippen LogP contribution in [0.5, 0.6) is 0 Å². The number of hydrogen-bond acceptors (Lipinski definition) is 3. The molecule has 3 N–H and O–H groups in total. The lowest BCUT2D eigenvalue weighted by atomic mass is 10.3. The number of piperazine rings is 1. The minimum atomic E-state index is -0.263. The number of anilines is 2. The summed E-state index contributed by atoms with van der Waals surface area (Å²) < 4.78 is 0. The van der Waals surface area contributed by atoms with E-state index in [4.69, 9.17) is 5.73 Å². The molecule has 2 rings (SSSR count). The highest BCUT2D eigenvalue weighted by Gasteiger charge is 2.24. The zero-order chi connectivity index (χ0) is 13.1. The molecule has 1 aliphatic rings. The van der Waals surface area contributed by atoms with Crippen molar-refractivity contribution in [2.45, 2.75) is 0 Å². The molecule has 1 fully saturated rings. The topological polar surface area (TPSA) is 78.7 Å². The van der Waals surface area contributed by atoms with Crippen molar-refractivity contribution in [3.8, 4) is 0 Å². The number of amides is 3. The summed E-state index contributed by atoms with van der Waals surface area (Å²) in [5, 5.41) is 2.73. The van der Waals surface area contributed by atoms with Crippen molar-refractivity contribution < 1.29 is 9.59 Å². The zero-order valence-corrected chi connectivity index (χ0v) is 10.2. The second kappa shape index (κ2) is 4.95. The minimum absolute atomic E-state index is 0.0475. The molecule has 0 bridgehead atoms. The molecular weight excluding hydrogens is 232 g/mol. The van der Waals surface area contributed by atoms with Crippen molar-refractivity contribution in [3.63, 3.8) is 0 Å². The van der Waals surface area contributed by atoms with Gasteiger partial charge in [0, 0.05) is 31.5 Å². The molecule has 1 aliphatic heterocycles. The van der Waals surface area contributed by atoms with E-state index in [0.29, 0.717) is 24.5 Å². The summed E-state index contributed by atoms with van der Waals surface area (Å²) in [4.78, 5) is 26.5. The lowest BCUT2D eigenvalue weighted by Crippen LogP contribution is -2.51. The Morgan fingerprint density at radius 3 is 2.56 bits per heavy atom. The molecule has 6 heteroatoms. The number of carbonyl (C=O) groups excluding carboxylic acids is 2. The average Bonchev–Trinajstić information content (AvgIpc) is 2.35. The molecule has 96 valence electrons. The quantitative estimate of drug-likeness (QED) is 0.713. The van der Waals surface area contributed by atoms with Gasteiger partial charge in [-0.05, 0) is 24.3 Å². The summed E-state index contributed by atoms with van der Waals surface area (Å²) in [6.07, 6.45) is 0. The number of carbonyl (C=O) groups is 2. The smallest absolute Gasteiger partial charge is 0.322 e. The molecule has 0 radical (unpaired) electrons. The third-order valence-electron chi connectivity index (χ3n) is 2.91. The maximum Gasteiger partial charge on any atom is 0.322 e. The molecule has 1 saturated heterocycles. The predicted octanol–water partition coefficient (Wildman–Crippen LogP) is 0.575. The Kier molecular flexibility index (Phi) is 3.36. The van der Waals surface area contributed by atoms with Gasteiger partial charge in [0.15, 0.2) is 0 Å². The van der Waals surface area contributed by atoms with E-state index in [9.17, 15) is 9.59 Å². The van der Waals surface area contributed by atoms with Gasteiger partial charge in [-0.15, -0.1) is 0 Å². The number of nitrogen functional groups attached to an aromatic ring is 1. The highest BCUT2D eigenvalue weighted by atomic mass is 16.2. The molecule has 1 aromatic rings. The monoisotopic (exact) mass is 248 g/mol. The van der Waals surface area contributed by atoms with E-state index in [1.54, 1.807) is 36.2 Å². The first-order valence-corrected chi connectivity index (χ1v) is 5.71. The number of likely N-dealkylation sites (N-methyl/N-ethyl adjacent to an activating group) is 1. The van der Waals surface area contributed by atoms with Crippen LogP contribution in [-0.4, -0.2) is 48.4 Å². The summed E-state index contributed by atoms with van der Waals surface area (Å²) in [7, 11) is 1.73. The second-order valence-electron chi connectivity index (χ2n) is 4.29. The maximum absolute atomic E-state index is 11.9. The Morgan fingerprint density at radius 2 is 1.94 bits per heavy atom. The second-order valence-corrected chi connectivity index (χ2v) is 4.29. The van der Waals surface area contributed by atoms with Gasteiger partial charge in [-0.25, -0.2) is 4.79 Å². The molecular formula is C12H16N4O2. The predicted molar refractivity (Wildman–Crippen MR) is 69.1 cm³/mol. The Labute approximate surface area is 105 Å². The maximum atomic E-state index is 11.9. The van der Waals surface area contributed by atoms with Crippen LogP contribution in [0.15, 0.2) is 24.3 Å². The first kappa shape index (κ1) is 12.2. The van der Waals surface area contributed by atoms with Crippen molar-refractivity contribution in [1.29, 1.82) is 0 Å². The van der Waals surface area contributed by atoms with Gasteiger partial charge in [0.1, 0.15) is 6.54 Å². The standard InChI is InChI=1S/C12H16N4O2/c1-15-6-7-16(8-11(15)17)12(18)14-10-4-2-9(13)3-5-10/h2-5H,6-8,13H2,1H3,(H,14,18). The van der Waals surface area contributed by atoms with Crippen LogP contribution in [0.25, 0.3) is 0 Å². The summed E-state index contributed by atoms with van der Waals surface area (Å²) in [6.45, 7) is 1.23. The molecule has 0 aliphatic carbocycles. The molecule has 0 aromatic heterocycles. The van der Waals surface area contributed by atoms with E-state index >= 15 is 0 Å². The van der Waals surface area contributed by atoms with Gasteiger partial charge < -0.3 is 20.9 Å². The van der Waals surface area contributed by atoms with Crippen molar-refractivity contribution >= 4 is 23.3 Å². The normalized spacial score (nSPS) is 15.7. The van der Waals surface area contributed by atoms with E-state index in [2.05, 4.69) is 5.32 Å². The Hall–Kier alpha value is -2.24. The SMILES string of the molecule is CN1CCN(C(=O)Nc2ccc(N)cc2)CC1=O. The van der Waals surface area contributed by atoms with Crippen LogP contribution in [0.2, 0.25) is 0 Å². The van der Waals surface area contributed by atoms with Crippen LogP contribution in [0.3, 0.4) is 0 Å². The molecule has 0 spiro atoms. The van der Waals surface area contributed by atoms with Crippen molar-refractivity contribution in [2.75, 3.05) is 37.7 Å². The highest BCUT2D eigenvalue weighted by molar-refractivity contribution is 5.93. The zero-order valence-electron chi connectivity index (χ0n) is 10.2. The number of nitrogens with zero attached hydrogens (tertiary/aromatic N) is 2. The number of benzene rings is 1. The van der Waals surface area contributed by atoms with Gasteiger partial charge in [0.25, 0.3) is 0 Å². The molecule has 1 aromatic carbocycles. The number of urea groups is 1. The Bertz CT molecular complexity index is 458. The van der Waals surface area contributed by atoms with Crippen LogP contribution in [0.4, 0.5) is 16.2 Å².